The monoisotopic (exact) mass is 378 g/mol. The van der Waals surface area contributed by atoms with Crippen molar-refractivity contribution in [2.24, 2.45) is 0 Å². The first-order chi connectivity index (χ1) is 12.0. The number of nitrogens with zero attached hydrogens (tertiary/aromatic N) is 3. The number of benzene rings is 1. The van der Waals surface area contributed by atoms with Crippen molar-refractivity contribution in [1.29, 1.82) is 0 Å². The molecule has 0 spiro atoms. The zero-order valence-corrected chi connectivity index (χ0v) is 15.6. The molecule has 1 aliphatic rings. The van der Waals surface area contributed by atoms with E-state index in [4.69, 9.17) is 23.2 Å². The Morgan fingerprint density at radius 1 is 1.08 bits per heavy atom. The number of anilines is 2. The van der Waals surface area contributed by atoms with Gasteiger partial charge in [0, 0.05) is 24.2 Å². The van der Waals surface area contributed by atoms with E-state index in [9.17, 15) is 4.79 Å². The van der Waals surface area contributed by atoms with Crippen molar-refractivity contribution in [3.8, 4) is 0 Å². The van der Waals surface area contributed by atoms with Crippen LogP contribution in [0.3, 0.4) is 0 Å². The van der Waals surface area contributed by atoms with Gasteiger partial charge in [-0.1, -0.05) is 36.0 Å². The molecule has 1 N–H and O–H groups in total. The van der Waals surface area contributed by atoms with Crippen LogP contribution in [0.1, 0.15) is 42.0 Å². The Hall–Kier alpha value is -1.85. The Balaban J connectivity index is 1.83. The molecule has 1 saturated heterocycles. The van der Waals surface area contributed by atoms with Gasteiger partial charge in [-0.15, -0.1) is 0 Å². The van der Waals surface area contributed by atoms with Gasteiger partial charge in [0.05, 0.1) is 10.7 Å². The summed E-state index contributed by atoms with van der Waals surface area (Å²) in [5.74, 6) is 1.05. The summed E-state index contributed by atoms with van der Waals surface area (Å²) in [6.07, 6.45) is 4.76. The van der Waals surface area contributed by atoms with Crippen LogP contribution in [-0.4, -0.2) is 29.0 Å². The molecule has 25 heavy (non-hydrogen) atoms. The van der Waals surface area contributed by atoms with Gasteiger partial charge in [-0.3, -0.25) is 4.79 Å². The van der Waals surface area contributed by atoms with Crippen LogP contribution < -0.4 is 10.2 Å². The molecule has 0 bridgehead atoms. The van der Waals surface area contributed by atoms with Gasteiger partial charge in [-0.2, -0.15) is 0 Å². The van der Waals surface area contributed by atoms with Crippen molar-refractivity contribution in [2.75, 3.05) is 23.3 Å². The van der Waals surface area contributed by atoms with Crippen molar-refractivity contribution in [2.45, 2.75) is 32.6 Å². The number of hydrogen-bond donors (Lipinski definition) is 1. The molecule has 1 aromatic carbocycles. The summed E-state index contributed by atoms with van der Waals surface area (Å²) in [5.41, 5.74) is 0.787. The molecule has 0 saturated carbocycles. The van der Waals surface area contributed by atoms with E-state index in [1.807, 2.05) is 0 Å². The van der Waals surface area contributed by atoms with Crippen molar-refractivity contribution >= 4 is 40.6 Å². The summed E-state index contributed by atoms with van der Waals surface area (Å²) in [4.78, 5) is 23.6. The average Bonchev–Trinajstić information content (AvgIpc) is 2.87. The highest BCUT2D eigenvalue weighted by Crippen LogP contribution is 2.26. The molecule has 5 nitrogen and oxygen atoms in total. The number of carbonyl (C=O) groups excluding carboxylic acids is 1. The predicted molar refractivity (Wildman–Crippen MR) is 102 cm³/mol. The van der Waals surface area contributed by atoms with E-state index in [1.165, 1.54) is 12.8 Å². The van der Waals surface area contributed by atoms with Crippen molar-refractivity contribution in [3.05, 3.63) is 45.8 Å². The number of nitrogens with one attached hydrogen (secondary N) is 1. The van der Waals surface area contributed by atoms with Crippen LogP contribution in [0.15, 0.2) is 24.3 Å². The van der Waals surface area contributed by atoms with Gasteiger partial charge >= 0.3 is 0 Å². The first-order valence-electron chi connectivity index (χ1n) is 8.40. The van der Waals surface area contributed by atoms with E-state index in [2.05, 4.69) is 20.2 Å². The molecule has 1 amide bonds. The molecule has 0 unspecified atom stereocenters. The molecular weight excluding hydrogens is 359 g/mol. The standard InChI is InChI=1S/C18H20Cl2N4O/c1-12-21-16(11-17(22-12)24-8-4-2-3-5-9-24)18(25)23-15-10-13(19)6-7-14(15)20/h6-7,10-11H,2-5,8-9H2,1H3,(H,23,25). The topological polar surface area (TPSA) is 58.1 Å². The lowest BCUT2D eigenvalue weighted by molar-refractivity contribution is 0.102. The van der Waals surface area contributed by atoms with Gasteiger partial charge in [0.2, 0.25) is 0 Å². The lowest BCUT2D eigenvalue weighted by Gasteiger charge is -2.22. The molecule has 0 aliphatic carbocycles. The highest BCUT2D eigenvalue weighted by atomic mass is 35.5. The third-order valence-electron chi connectivity index (χ3n) is 4.16. The van der Waals surface area contributed by atoms with Gasteiger partial charge in [-0.05, 0) is 38.0 Å². The second-order valence-electron chi connectivity index (χ2n) is 6.14. The summed E-state index contributed by atoms with van der Waals surface area (Å²) >= 11 is 12.1. The first-order valence-corrected chi connectivity index (χ1v) is 9.15. The Morgan fingerprint density at radius 2 is 1.80 bits per heavy atom. The number of aryl methyl sites for hydroxylation is 1. The van der Waals surface area contributed by atoms with Crippen LogP contribution in [0.25, 0.3) is 0 Å². The number of rotatable bonds is 3. The molecule has 1 fully saturated rings. The average molecular weight is 379 g/mol. The highest BCUT2D eigenvalue weighted by molar-refractivity contribution is 6.35. The molecule has 2 aromatic rings. The molecule has 132 valence electrons. The van der Waals surface area contributed by atoms with Gasteiger partial charge in [-0.25, -0.2) is 9.97 Å². The maximum absolute atomic E-state index is 12.6. The number of halogens is 2. The lowest BCUT2D eigenvalue weighted by atomic mass is 10.2. The van der Waals surface area contributed by atoms with E-state index in [0.717, 1.165) is 31.7 Å². The van der Waals surface area contributed by atoms with Crippen molar-refractivity contribution < 1.29 is 4.79 Å². The smallest absolute Gasteiger partial charge is 0.274 e. The largest absolute Gasteiger partial charge is 0.356 e. The minimum Gasteiger partial charge on any atom is -0.356 e. The maximum atomic E-state index is 12.6. The fourth-order valence-corrected chi connectivity index (χ4v) is 3.25. The van der Waals surface area contributed by atoms with E-state index in [1.54, 1.807) is 31.2 Å². The second kappa shape index (κ2) is 8.02. The van der Waals surface area contributed by atoms with E-state index < -0.39 is 0 Å². The first kappa shape index (κ1) is 18.0. The number of hydrogen-bond acceptors (Lipinski definition) is 4. The molecule has 1 aliphatic heterocycles. The summed E-state index contributed by atoms with van der Waals surface area (Å²) in [5, 5.41) is 3.70. The minimum absolute atomic E-state index is 0.322. The van der Waals surface area contributed by atoms with E-state index in [0.29, 0.717) is 27.3 Å². The Morgan fingerprint density at radius 3 is 2.52 bits per heavy atom. The highest BCUT2D eigenvalue weighted by Gasteiger charge is 2.17. The van der Waals surface area contributed by atoms with Gasteiger partial charge in [0.25, 0.3) is 5.91 Å². The van der Waals surface area contributed by atoms with E-state index >= 15 is 0 Å². The van der Waals surface area contributed by atoms with Crippen LogP contribution in [0, 0.1) is 6.92 Å². The quantitative estimate of drug-likeness (QED) is 0.838. The number of amides is 1. The van der Waals surface area contributed by atoms with Gasteiger partial charge in [0.15, 0.2) is 0 Å². The van der Waals surface area contributed by atoms with E-state index in [-0.39, 0.29) is 5.91 Å². The fourth-order valence-electron chi connectivity index (χ4n) is 2.91. The van der Waals surface area contributed by atoms with Crippen LogP contribution >= 0.6 is 23.2 Å². The summed E-state index contributed by atoms with van der Waals surface area (Å²) in [6.45, 7) is 3.71. The molecule has 0 radical (unpaired) electrons. The zero-order chi connectivity index (χ0) is 17.8. The predicted octanol–water partition coefficient (Wildman–Crippen LogP) is 4.72. The van der Waals surface area contributed by atoms with Crippen molar-refractivity contribution in [3.63, 3.8) is 0 Å². The Bertz CT molecular complexity index is 774. The number of carbonyl (C=O) groups is 1. The zero-order valence-electron chi connectivity index (χ0n) is 14.1. The molecular formula is C18H20Cl2N4O. The van der Waals surface area contributed by atoms with Gasteiger partial charge < -0.3 is 10.2 Å². The molecule has 3 rings (SSSR count). The maximum Gasteiger partial charge on any atom is 0.274 e. The van der Waals surface area contributed by atoms with Gasteiger partial charge in [0.1, 0.15) is 17.3 Å². The molecule has 2 heterocycles. The van der Waals surface area contributed by atoms with Crippen LogP contribution in [0.5, 0.6) is 0 Å². The Labute approximate surface area is 157 Å². The van der Waals surface area contributed by atoms with Crippen LogP contribution in [0.4, 0.5) is 11.5 Å². The summed E-state index contributed by atoms with van der Waals surface area (Å²) in [7, 11) is 0. The molecule has 0 atom stereocenters. The molecule has 7 heteroatoms. The fraction of sp³-hybridized carbons (Fsp3) is 0.389. The third-order valence-corrected chi connectivity index (χ3v) is 4.73. The molecule has 1 aromatic heterocycles. The van der Waals surface area contributed by atoms with Crippen LogP contribution in [0.2, 0.25) is 10.0 Å². The van der Waals surface area contributed by atoms with Crippen molar-refractivity contribution in [1.82, 2.24) is 9.97 Å². The lowest BCUT2D eigenvalue weighted by Crippen LogP contribution is -2.26. The summed E-state index contributed by atoms with van der Waals surface area (Å²) in [6, 6.07) is 6.68. The number of aromatic nitrogens is 2. The summed E-state index contributed by atoms with van der Waals surface area (Å²) < 4.78 is 0. The minimum atomic E-state index is -0.328. The SMILES string of the molecule is Cc1nc(C(=O)Nc2cc(Cl)ccc2Cl)cc(N2CCCCCC2)n1. The second-order valence-corrected chi connectivity index (χ2v) is 6.98. The third kappa shape index (κ3) is 4.61. The normalized spacial score (nSPS) is 14.9. The van der Waals surface area contributed by atoms with Crippen LogP contribution in [-0.2, 0) is 0 Å². The Kier molecular flexibility index (Phi) is 5.76.